The van der Waals surface area contributed by atoms with Crippen LogP contribution in [0.4, 0.5) is 0 Å². The van der Waals surface area contributed by atoms with Crippen molar-refractivity contribution in [3.63, 3.8) is 0 Å². The van der Waals surface area contributed by atoms with Crippen LogP contribution in [0.2, 0.25) is 0 Å². The third kappa shape index (κ3) is 3.75. The largest absolute Gasteiger partial charge is 0.393 e. The maximum absolute atomic E-state index is 11.8. The zero-order chi connectivity index (χ0) is 24.3. The number of aliphatic hydroxyl groups is 2. The van der Waals surface area contributed by atoms with Crippen molar-refractivity contribution < 1.29 is 10.2 Å². The van der Waals surface area contributed by atoms with Gasteiger partial charge in [-0.25, -0.2) is 0 Å². The molecule has 0 aromatic carbocycles. The molecule has 34 heavy (non-hydrogen) atoms. The minimum absolute atomic E-state index is 0.163. The Morgan fingerprint density at radius 2 is 1.97 bits per heavy atom. The second-order valence-electron chi connectivity index (χ2n) is 13.3. The van der Waals surface area contributed by atoms with E-state index in [1.165, 1.54) is 25.7 Å². The number of nitriles is 1. The number of aromatic nitrogens is 2. The van der Waals surface area contributed by atoms with E-state index >= 15 is 0 Å². The Labute approximate surface area is 205 Å². The average Bonchev–Trinajstić information content (AvgIpc) is 3.37. The van der Waals surface area contributed by atoms with Crippen LogP contribution in [0.5, 0.6) is 0 Å². The SMILES string of the molecule is CCC[C@@]1(O)CC[C@@]2(C)[C@H](CC[C@@H]3[C@@H]2[C@H](O)C[C@]2(C)[C@@H]([C@@H](C)Cn4cc(C#N)cn4)CC[C@@H]32)C1. The first-order valence-electron chi connectivity index (χ1n) is 14.0. The number of hydrogen-bond donors (Lipinski definition) is 2. The van der Waals surface area contributed by atoms with Gasteiger partial charge in [0, 0.05) is 12.7 Å². The van der Waals surface area contributed by atoms with E-state index in [9.17, 15) is 10.2 Å². The first-order chi connectivity index (χ1) is 16.1. The molecular weight excluding hydrogens is 422 g/mol. The molecule has 5 nitrogen and oxygen atoms in total. The Balaban J connectivity index is 1.35. The summed E-state index contributed by atoms with van der Waals surface area (Å²) in [6.07, 6.45) is 14.0. The van der Waals surface area contributed by atoms with E-state index in [0.717, 1.165) is 45.1 Å². The fourth-order valence-electron chi connectivity index (χ4n) is 10.1. The Morgan fingerprint density at radius 3 is 2.68 bits per heavy atom. The first-order valence-corrected chi connectivity index (χ1v) is 14.0. The zero-order valence-corrected chi connectivity index (χ0v) is 21.7. The fourth-order valence-corrected chi connectivity index (χ4v) is 10.1. The van der Waals surface area contributed by atoms with Crippen molar-refractivity contribution in [2.45, 2.75) is 110 Å². The average molecular weight is 468 g/mol. The normalized spacial score (nSPS) is 46.7. The van der Waals surface area contributed by atoms with Crippen LogP contribution in [-0.2, 0) is 6.54 Å². The van der Waals surface area contributed by atoms with E-state index in [2.05, 4.69) is 38.9 Å². The van der Waals surface area contributed by atoms with Crippen LogP contribution in [0.3, 0.4) is 0 Å². The predicted molar refractivity (Wildman–Crippen MR) is 133 cm³/mol. The number of hydrogen-bond acceptors (Lipinski definition) is 4. The minimum atomic E-state index is -0.480. The third-order valence-electron chi connectivity index (χ3n) is 11.5. The molecule has 5 heteroatoms. The molecular formula is C29H45N3O2. The monoisotopic (exact) mass is 467 g/mol. The lowest BCUT2D eigenvalue weighted by Gasteiger charge is -2.63. The van der Waals surface area contributed by atoms with Gasteiger partial charge < -0.3 is 10.2 Å². The van der Waals surface area contributed by atoms with Gasteiger partial charge in [-0.2, -0.15) is 10.4 Å². The van der Waals surface area contributed by atoms with Crippen molar-refractivity contribution in [3.8, 4) is 6.07 Å². The Kier molecular flexibility index (Phi) is 6.17. The fraction of sp³-hybridized carbons (Fsp3) is 0.862. The molecule has 5 rings (SSSR count). The summed E-state index contributed by atoms with van der Waals surface area (Å²) in [5, 5.41) is 36.5. The van der Waals surface area contributed by atoms with Crippen LogP contribution < -0.4 is 0 Å². The van der Waals surface area contributed by atoms with Crippen LogP contribution in [0.25, 0.3) is 0 Å². The molecule has 0 saturated heterocycles. The van der Waals surface area contributed by atoms with Crippen LogP contribution in [0, 0.1) is 57.7 Å². The highest BCUT2D eigenvalue weighted by Gasteiger charge is 2.64. The standard InChI is InChI=1S/C29H45N3O2/c1-5-10-29(34)12-11-27(3)21(13-29)6-7-22-24-9-8-23(28(24,4)14-25(33)26(22)27)19(2)17-32-18-20(15-30)16-31-32/h16,18-19,21-26,33-34H,5-14,17H2,1-4H3/t19-,21+,22-,23+,24-,25+,26+,27-,28+,29+/m0/s1. The van der Waals surface area contributed by atoms with E-state index in [1.54, 1.807) is 6.20 Å². The molecule has 0 amide bonds. The smallest absolute Gasteiger partial charge is 0.102 e. The van der Waals surface area contributed by atoms with Crippen LogP contribution >= 0.6 is 0 Å². The minimum Gasteiger partial charge on any atom is -0.393 e. The molecule has 1 heterocycles. The van der Waals surface area contributed by atoms with Gasteiger partial charge in [-0.3, -0.25) is 4.68 Å². The van der Waals surface area contributed by atoms with Gasteiger partial charge in [0.25, 0.3) is 0 Å². The molecule has 0 bridgehead atoms. The molecule has 4 aliphatic carbocycles. The molecule has 2 N–H and O–H groups in total. The van der Waals surface area contributed by atoms with Gasteiger partial charge in [0.15, 0.2) is 0 Å². The van der Waals surface area contributed by atoms with Crippen molar-refractivity contribution in [1.29, 1.82) is 5.26 Å². The van der Waals surface area contributed by atoms with Crippen molar-refractivity contribution in [2.75, 3.05) is 0 Å². The first kappa shape index (κ1) is 24.3. The molecule has 0 unspecified atom stereocenters. The lowest BCUT2D eigenvalue weighted by molar-refractivity contribution is -0.193. The lowest BCUT2D eigenvalue weighted by Crippen LogP contribution is -2.60. The number of fused-ring (bicyclic) bond motifs is 5. The maximum atomic E-state index is 11.8. The summed E-state index contributed by atoms with van der Waals surface area (Å²) in [6.45, 7) is 10.3. The van der Waals surface area contributed by atoms with E-state index < -0.39 is 5.60 Å². The molecule has 0 aliphatic heterocycles. The predicted octanol–water partition coefficient (Wildman–Crippen LogP) is 5.55. The second kappa shape index (κ2) is 8.63. The van der Waals surface area contributed by atoms with Gasteiger partial charge in [-0.05, 0) is 104 Å². The Morgan fingerprint density at radius 1 is 1.18 bits per heavy atom. The van der Waals surface area contributed by atoms with Crippen LogP contribution in [0.1, 0.15) is 97.5 Å². The molecule has 0 spiro atoms. The molecule has 4 fully saturated rings. The summed E-state index contributed by atoms with van der Waals surface area (Å²) in [5.74, 6) is 3.27. The van der Waals surface area contributed by atoms with Gasteiger partial charge >= 0.3 is 0 Å². The number of aliphatic hydroxyl groups excluding tert-OH is 1. The second-order valence-corrected chi connectivity index (χ2v) is 13.3. The summed E-state index contributed by atoms with van der Waals surface area (Å²) >= 11 is 0. The van der Waals surface area contributed by atoms with Gasteiger partial charge in [-0.1, -0.05) is 34.1 Å². The van der Waals surface area contributed by atoms with E-state index in [4.69, 9.17) is 5.26 Å². The summed E-state index contributed by atoms with van der Waals surface area (Å²) in [5.41, 5.74) is 0.482. The Bertz CT molecular complexity index is 938. The molecule has 0 radical (unpaired) electrons. The summed E-state index contributed by atoms with van der Waals surface area (Å²) in [4.78, 5) is 0. The van der Waals surface area contributed by atoms with Crippen molar-refractivity contribution in [2.24, 2.45) is 46.3 Å². The number of rotatable bonds is 5. The topological polar surface area (TPSA) is 82.1 Å². The highest BCUT2D eigenvalue weighted by molar-refractivity contribution is 5.21. The molecule has 1 aromatic rings. The van der Waals surface area contributed by atoms with Gasteiger partial charge in [0.05, 0.1) is 23.5 Å². The van der Waals surface area contributed by atoms with Crippen LogP contribution in [-0.4, -0.2) is 31.7 Å². The molecule has 10 atom stereocenters. The zero-order valence-electron chi connectivity index (χ0n) is 21.7. The van der Waals surface area contributed by atoms with Gasteiger partial charge in [0.1, 0.15) is 6.07 Å². The van der Waals surface area contributed by atoms with Crippen LogP contribution in [0.15, 0.2) is 12.4 Å². The van der Waals surface area contributed by atoms with Crippen molar-refractivity contribution in [1.82, 2.24) is 9.78 Å². The quantitative estimate of drug-likeness (QED) is 0.595. The van der Waals surface area contributed by atoms with Gasteiger partial charge in [0.2, 0.25) is 0 Å². The summed E-state index contributed by atoms with van der Waals surface area (Å²) < 4.78 is 1.94. The van der Waals surface area contributed by atoms with E-state index in [-0.39, 0.29) is 16.9 Å². The molecule has 1 aromatic heterocycles. The number of nitrogens with zero attached hydrogens (tertiary/aromatic N) is 3. The van der Waals surface area contributed by atoms with Crippen molar-refractivity contribution in [3.05, 3.63) is 18.0 Å². The molecule has 4 saturated carbocycles. The van der Waals surface area contributed by atoms with E-state index in [0.29, 0.717) is 41.1 Å². The third-order valence-corrected chi connectivity index (χ3v) is 11.5. The molecule has 188 valence electrons. The highest BCUT2D eigenvalue weighted by Crippen LogP contribution is 2.69. The van der Waals surface area contributed by atoms with Gasteiger partial charge in [-0.15, -0.1) is 0 Å². The summed E-state index contributed by atoms with van der Waals surface area (Å²) in [7, 11) is 0. The maximum Gasteiger partial charge on any atom is 0.102 e. The van der Waals surface area contributed by atoms with E-state index in [1.807, 2.05) is 10.9 Å². The summed E-state index contributed by atoms with van der Waals surface area (Å²) in [6, 6.07) is 2.19. The van der Waals surface area contributed by atoms with Crippen molar-refractivity contribution >= 4 is 0 Å². The highest BCUT2D eigenvalue weighted by atomic mass is 16.3. The molecule has 4 aliphatic rings. The Hall–Kier alpha value is -1.38. The lowest BCUT2D eigenvalue weighted by atomic mass is 9.42.